The first kappa shape index (κ1) is 14.5. The van der Waals surface area contributed by atoms with Crippen molar-refractivity contribution in [2.75, 3.05) is 18.9 Å². The van der Waals surface area contributed by atoms with Crippen LogP contribution in [0.25, 0.3) is 0 Å². The molecule has 1 aliphatic heterocycles. The number of rotatable bonds is 5. The van der Waals surface area contributed by atoms with E-state index >= 15 is 0 Å². The molecular formula is C14H21NO3S. The van der Waals surface area contributed by atoms with E-state index in [4.69, 9.17) is 0 Å². The second kappa shape index (κ2) is 6.03. The zero-order valence-corrected chi connectivity index (χ0v) is 12.0. The van der Waals surface area contributed by atoms with Crippen molar-refractivity contribution in [1.29, 1.82) is 0 Å². The van der Waals surface area contributed by atoms with Gasteiger partial charge in [-0.2, -0.15) is 4.31 Å². The van der Waals surface area contributed by atoms with Crippen molar-refractivity contribution in [3.8, 4) is 0 Å². The zero-order chi connectivity index (χ0) is 13.9. The summed E-state index contributed by atoms with van der Waals surface area (Å²) in [6.07, 6.45) is 1.35. The number of aliphatic hydroxyl groups is 1. The highest BCUT2D eigenvalue weighted by molar-refractivity contribution is 7.89. The normalized spacial score (nSPS) is 24.7. The van der Waals surface area contributed by atoms with Gasteiger partial charge in [-0.05, 0) is 24.3 Å². The summed E-state index contributed by atoms with van der Waals surface area (Å²) in [6.45, 7) is 2.43. The summed E-state index contributed by atoms with van der Waals surface area (Å²) in [7, 11) is -3.28. The van der Waals surface area contributed by atoms with Gasteiger partial charge in [-0.3, -0.25) is 0 Å². The Hall–Kier alpha value is -0.910. The molecule has 1 heterocycles. The fourth-order valence-electron chi connectivity index (χ4n) is 2.60. The molecule has 0 aliphatic carbocycles. The van der Waals surface area contributed by atoms with Crippen molar-refractivity contribution in [3.63, 3.8) is 0 Å². The predicted octanol–water partition coefficient (Wildman–Crippen LogP) is 1.26. The topological polar surface area (TPSA) is 57.6 Å². The molecule has 0 amide bonds. The molecule has 2 rings (SSSR count). The summed E-state index contributed by atoms with van der Waals surface area (Å²) < 4.78 is 26.2. The Morgan fingerprint density at radius 1 is 1.32 bits per heavy atom. The molecule has 2 atom stereocenters. The quantitative estimate of drug-likeness (QED) is 0.885. The largest absolute Gasteiger partial charge is 0.395 e. The van der Waals surface area contributed by atoms with Gasteiger partial charge in [0.1, 0.15) is 0 Å². The third-order valence-electron chi connectivity index (χ3n) is 3.87. The van der Waals surface area contributed by atoms with Crippen molar-refractivity contribution in [1.82, 2.24) is 4.31 Å². The van der Waals surface area contributed by atoms with Gasteiger partial charge in [0.05, 0.1) is 18.4 Å². The Morgan fingerprint density at radius 2 is 2.00 bits per heavy atom. The van der Waals surface area contributed by atoms with Gasteiger partial charge < -0.3 is 5.11 Å². The molecule has 0 saturated carbocycles. The minimum Gasteiger partial charge on any atom is -0.395 e. The third kappa shape index (κ3) is 3.35. The Morgan fingerprint density at radius 3 is 2.63 bits per heavy atom. The molecule has 1 aromatic carbocycles. The fourth-order valence-corrected chi connectivity index (χ4v) is 4.40. The molecule has 5 heteroatoms. The molecule has 19 heavy (non-hydrogen) atoms. The van der Waals surface area contributed by atoms with Crippen molar-refractivity contribution in [2.45, 2.75) is 25.8 Å². The van der Waals surface area contributed by atoms with Gasteiger partial charge in [-0.1, -0.05) is 37.3 Å². The highest BCUT2D eigenvalue weighted by Gasteiger charge is 2.37. The maximum absolute atomic E-state index is 12.3. The average Bonchev–Trinajstić information content (AvgIpc) is 2.79. The van der Waals surface area contributed by atoms with E-state index in [0.29, 0.717) is 13.0 Å². The second-order valence-electron chi connectivity index (χ2n) is 5.18. The highest BCUT2D eigenvalue weighted by Crippen LogP contribution is 2.26. The van der Waals surface area contributed by atoms with Gasteiger partial charge >= 0.3 is 0 Å². The first-order valence-corrected chi connectivity index (χ1v) is 8.30. The monoisotopic (exact) mass is 283 g/mol. The van der Waals surface area contributed by atoms with Crippen LogP contribution in [0.1, 0.15) is 18.9 Å². The van der Waals surface area contributed by atoms with Crippen LogP contribution in [0.3, 0.4) is 0 Å². The first-order valence-electron chi connectivity index (χ1n) is 6.69. The molecule has 1 N–H and O–H groups in total. The van der Waals surface area contributed by atoms with Crippen molar-refractivity contribution < 1.29 is 13.5 Å². The maximum Gasteiger partial charge on any atom is 0.214 e. The summed E-state index contributed by atoms with van der Waals surface area (Å²) in [5, 5.41) is 9.35. The second-order valence-corrected chi connectivity index (χ2v) is 7.22. The van der Waals surface area contributed by atoms with Gasteiger partial charge in [0, 0.05) is 6.54 Å². The van der Waals surface area contributed by atoms with Crippen molar-refractivity contribution >= 4 is 10.0 Å². The third-order valence-corrected chi connectivity index (χ3v) is 5.76. The Balaban J connectivity index is 2.03. The number of hydrogen-bond acceptors (Lipinski definition) is 3. The van der Waals surface area contributed by atoms with Crippen LogP contribution in [0.4, 0.5) is 0 Å². The molecule has 106 valence electrons. The van der Waals surface area contributed by atoms with Gasteiger partial charge in [-0.15, -0.1) is 0 Å². The van der Waals surface area contributed by atoms with Gasteiger partial charge in [-0.25, -0.2) is 8.42 Å². The van der Waals surface area contributed by atoms with E-state index in [1.165, 1.54) is 4.31 Å². The van der Waals surface area contributed by atoms with Gasteiger partial charge in [0.15, 0.2) is 0 Å². The van der Waals surface area contributed by atoms with E-state index in [-0.39, 0.29) is 24.3 Å². The van der Waals surface area contributed by atoms with Crippen LogP contribution in [-0.4, -0.2) is 42.8 Å². The van der Waals surface area contributed by atoms with Crippen LogP contribution in [0.5, 0.6) is 0 Å². The van der Waals surface area contributed by atoms with Crippen LogP contribution in [0.2, 0.25) is 0 Å². The molecule has 0 bridgehead atoms. The van der Waals surface area contributed by atoms with Crippen molar-refractivity contribution in [3.05, 3.63) is 35.9 Å². The molecule has 1 aromatic rings. The van der Waals surface area contributed by atoms with Gasteiger partial charge in [0.25, 0.3) is 0 Å². The molecule has 1 fully saturated rings. The van der Waals surface area contributed by atoms with E-state index in [9.17, 15) is 13.5 Å². The molecule has 0 spiro atoms. The van der Waals surface area contributed by atoms with Crippen LogP contribution in [0.15, 0.2) is 30.3 Å². The average molecular weight is 283 g/mol. The van der Waals surface area contributed by atoms with Crippen LogP contribution >= 0.6 is 0 Å². The number of benzene rings is 1. The first-order chi connectivity index (χ1) is 9.04. The minimum absolute atomic E-state index is 0.0915. The Kier molecular flexibility index (Phi) is 4.60. The number of nitrogens with zero attached hydrogens (tertiary/aromatic N) is 1. The van der Waals surface area contributed by atoms with E-state index < -0.39 is 10.0 Å². The lowest BCUT2D eigenvalue weighted by atomic mass is 10.0. The Labute approximate surface area is 115 Å². The number of hydrogen-bond donors (Lipinski definition) is 1. The molecule has 1 saturated heterocycles. The Bertz CT molecular complexity index is 501. The highest BCUT2D eigenvalue weighted by atomic mass is 32.2. The van der Waals surface area contributed by atoms with Crippen LogP contribution in [-0.2, 0) is 16.4 Å². The smallest absolute Gasteiger partial charge is 0.214 e. The number of sulfonamides is 1. The minimum atomic E-state index is -3.28. The fraction of sp³-hybridized carbons (Fsp3) is 0.571. The lowest BCUT2D eigenvalue weighted by Crippen LogP contribution is -2.41. The van der Waals surface area contributed by atoms with E-state index in [0.717, 1.165) is 12.0 Å². The summed E-state index contributed by atoms with van der Waals surface area (Å²) in [6, 6.07) is 9.37. The SMILES string of the molecule is CC1CCN(S(=O)(=O)CCc2ccccc2)C1CO. The molecular weight excluding hydrogens is 262 g/mol. The lowest BCUT2D eigenvalue weighted by Gasteiger charge is -2.24. The van der Waals surface area contributed by atoms with Crippen molar-refractivity contribution in [2.24, 2.45) is 5.92 Å². The molecule has 0 aromatic heterocycles. The summed E-state index contributed by atoms with van der Waals surface area (Å²) in [4.78, 5) is 0. The molecule has 4 nitrogen and oxygen atoms in total. The summed E-state index contributed by atoms with van der Waals surface area (Å²) in [5.74, 6) is 0.344. The van der Waals surface area contributed by atoms with E-state index in [2.05, 4.69) is 0 Å². The molecule has 0 radical (unpaired) electrons. The van der Waals surface area contributed by atoms with Crippen LogP contribution < -0.4 is 0 Å². The van der Waals surface area contributed by atoms with Crippen LogP contribution in [0, 0.1) is 5.92 Å². The molecule has 1 aliphatic rings. The predicted molar refractivity (Wildman–Crippen MR) is 75.3 cm³/mol. The summed E-state index contributed by atoms with van der Waals surface area (Å²) in [5.41, 5.74) is 1.03. The number of aryl methyl sites for hydroxylation is 1. The number of aliphatic hydroxyl groups excluding tert-OH is 1. The lowest BCUT2D eigenvalue weighted by molar-refractivity contribution is 0.191. The van der Waals surface area contributed by atoms with Gasteiger partial charge in [0.2, 0.25) is 10.0 Å². The standard InChI is InChI=1S/C14H21NO3S/c1-12-7-9-15(14(12)11-16)19(17,18)10-8-13-5-3-2-4-6-13/h2-6,12,14,16H,7-11H2,1H3. The zero-order valence-electron chi connectivity index (χ0n) is 11.2. The van der Waals surface area contributed by atoms with E-state index in [1.807, 2.05) is 37.3 Å². The maximum atomic E-state index is 12.3. The summed E-state index contributed by atoms with van der Waals surface area (Å²) >= 11 is 0. The van der Waals surface area contributed by atoms with E-state index in [1.54, 1.807) is 0 Å². The molecule has 2 unspecified atom stereocenters.